The maximum atomic E-state index is 11.9. The standard InChI is InChI=1S/C11H18N2O3/c12-8-4-2-1-3-7(8)10(14)13-9-5-6-16-11(9)15/h7-9H,1-6,12H2,(H,13,14)/t7-,8+,9+/m1/s1. The van der Waals surface area contributed by atoms with E-state index in [-0.39, 0.29) is 23.8 Å². The SMILES string of the molecule is N[C@H]1CCCC[C@H]1C(=O)N[C@H]1CCOC1=O. The fraction of sp³-hybridized carbons (Fsp3) is 0.818. The van der Waals surface area contributed by atoms with Gasteiger partial charge in [-0.1, -0.05) is 12.8 Å². The first-order valence-corrected chi connectivity index (χ1v) is 5.91. The lowest BCUT2D eigenvalue weighted by atomic mass is 9.84. The molecule has 0 radical (unpaired) electrons. The number of nitrogens with two attached hydrogens (primary N) is 1. The summed E-state index contributed by atoms with van der Waals surface area (Å²) in [5, 5.41) is 2.74. The molecule has 1 aliphatic carbocycles. The molecule has 0 aromatic carbocycles. The van der Waals surface area contributed by atoms with E-state index in [9.17, 15) is 9.59 Å². The van der Waals surface area contributed by atoms with E-state index < -0.39 is 6.04 Å². The van der Waals surface area contributed by atoms with Crippen LogP contribution >= 0.6 is 0 Å². The van der Waals surface area contributed by atoms with Crippen LogP contribution in [0.5, 0.6) is 0 Å². The molecule has 1 saturated heterocycles. The van der Waals surface area contributed by atoms with Crippen molar-refractivity contribution in [2.75, 3.05) is 6.61 Å². The summed E-state index contributed by atoms with van der Waals surface area (Å²) in [4.78, 5) is 23.1. The summed E-state index contributed by atoms with van der Waals surface area (Å²) in [7, 11) is 0. The lowest BCUT2D eigenvalue weighted by molar-refractivity contribution is -0.142. The fourth-order valence-corrected chi connectivity index (χ4v) is 2.39. The van der Waals surface area contributed by atoms with Crippen molar-refractivity contribution >= 4 is 11.9 Å². The number of carbonyl (C=O) groups excluding carboxylic acids is 2. The molecule has 1 saturated carbocycles. The second-order valence-corrected chi connectivity index (χ2v) is 4.57. The maximum Gasteiger partial charge on any atom is 0.328 e. The number of hydrogen-bond acceptors (Lipinski definition) is 4. The molecule has 0 bridgehead atoms. The van der Waals surface area contributed by atoms with Gasteiger partial charge in [0.2, 0.25) is 5.91 Å². The van der Waals surface area contributed by atoms with Crippen LogP contribution in [0.25, 0.3) is 0 Å². The van der Waals surface area contributed by atoms with Crippen molar-refractivity contribution in [1.29, 1.82) is 0 Å². The molecular formula is C11H18N2O3. The lowest BCUT2D eigenvalue weighted by Gasteiger charge is -2.28. The van der Waals surface area contributed by atoms with E-state index in [1.807, 2.05) is 0 Å². The largest absolute Gasteiger partial charge is 0.464 e. The first-order chi connectivity index (χ1) is 7.68. The third-order valence-corrected chi connectivity index (χ3v) is 3.41. The number of carbonyl (C=O) groups is 2. The van der Waals surface area contributed by atoms with Gasteiger partial charge < -0.3 is 15.8 Å². The third kappa shape index (κ3) is 2.35. The summed E-state index contributed by atoms with van der Waals surface area (Å²) in [6, 6.07) is -0.521. The summed E-state index contributed by atoms with van der Waals surface area (Å²) >= 11 is 0. The summed E-state index contributed by atoms with van der Waals surface area (Å²) < 4.78 is 4.80. The van der Waals surface area contributed by atoms with E-state index >= 15 is 0 Å². The van der Waals surface area contributed by atoms with Gasteiger partial charge in [0.1, 0.15) is 6.04 Å². The lowest BCUT2D eigenvalue weighted by Crippen LogP contribution is -2.48. The number of amides is 1. The molecule has 0 aromatic rings. The van der Waals surface area contributed by atoms with Gasteiger partial charge >= 0.3 is 5.97 Å². The van der Waals surface area contributed by atoms with Gasteiger partial charge in [-0.25, -0.2) is 4.79 Å². The first kappa shape index (κ1) is 11.4. The van der Waals surface area contributed by atoms with Crippen molar-refractivity contribution in [2.45, 2.75) is 44.2 Å². The van der Waals surface area contributed by atoms with Crippen LogP contribution in [0.2, 0.25) is 0 Å². The molecule has 5 heteroatoms. The molecule has 2 rings (SSSR count). The summed E-state index contributed by atoms with van der Waals surface area (Å²) in [6.07, 6.45) is 4.44. The second-order valence-electron chi connectivity index (χ2n) is 4.57. The van der Waals surface area contributed by atoms with Crippen LogP contribution in [0.15, 0.2) is 0 Å². The van der Waals surface area contributed by atoms with Gasteiger partial charge in [-0.05, 0) is 12.8 Å². The molecule has 0 unspecified atom stereocenters. The summed E-state index contributed by atoms with van der Waals surface area (Å²) in [5.74, 6) is -0.545. The zero-order valence-corrected chi connectivity index (χ0v) is 9.28. The van der Waals surface area contributed by atoms with E-state index in [1.54, 1.807) is 0 Å². The Balaban J connectivity index is 1.89. The van der Waals surface area contributed by atoms with Gasteiger partial charge in [-0.15, -0.1) is 0 Å². The monoisotopic (exact) mass is 226 g/mol. The van der Waals surface area contributed by atoms with Crippen molar-refractivity contribution in [3.05, 3.63) is 0 Å². The molecule has 2 fully saturated rings. The Bertz CT molecular complexity index is 293. The van der Waals surface area contributed by atoms with Crippen molar-refractivity contribution in [2.24, 2.45) is 11.7 Å². The van der Waals surface area contributed by atoms with Gasteiger partial charge in [0.25, 0.3) is 0 Å². The molecule has 0 spiro atoms. The van der Waals surface area contributed by atoms with Crippen molar-refractivity contribution in [3.8, 4) is 0 Å². The van der Waals surface area contributed by atoms with Crippen molar-refractivity contribution < 1.29 is 14.3 Å². The molecule has 16 heavy (non-hydrogen) atoms. The van der Waals surface area contributed by atoms with Crippen molar-refractivity contribution in [3.63, 3.8) is 0 Å². The Morgan fingerprint density at radius 3 is 2.69 bits per heavy atom. The number of rotatable bonds is 2. The van der Waals surface area contributed by atoms with Gasteiger partial charge in [0.15, 0.2) is 0 Å². The highest BCUT2D eigenvalue weighted by Crippen LogP contribution is 2.23. The van der Waals surface area contributed by atoms with Gasteiger partial charge in [-0.3, -0.25) is 4.79 Å². The molecule has 1 aliphatic heterocycles. The molecule has 90 valence electrons. The van der Waals surface area contributed by atoms with Crippen LogP contribution in [0.4, 0.5) is 0 Å². The molecule has 3 N–H and O–H groups in total. The van der Waals surface area contributed by atoms with E-state index in [0.717, 1.165) is 25.7 Å². The minimum Gasteiger partial charge on any atom is -0.464 e. The molecule has 0 aromatic heterocycles. The number of cyclic esters (lactones) is 1. The zero-order chi connectivity index (χ0) is 11.5. The highest BCUT2D eigenvalue weighted by atomic mass is 16.5. The van der Waals surface area contributed by atoms with E-state index in [0.29, 0.717) is 13.0 Å². The molecule has 1 heterocycles. The second kappa shape index (κ2) is 4.82. The zero-order valence-electron chi connectivity index (χ0n) is 9.28. The summed E-state index contributed by atoms with van der Waals surface area (Å²) in [5.41, 5.74) is 5.91. The number of ether oxygens (including phenoxy) is 1. The van der Waals surface area contributed by atoms with Crippen LogP contribution in [-0.2, 0) is 14.3 Å². The third-order valence-electron chi connectivity index (χ3n) is 3.41. The smallest absolute Gasteiger partial charge is 0.328 e. The van der Waals surface area contributed by atoms with Gasteiger partial charge in [0, 0.05) is 12.5 Å². The minimum atomic E-state index is -0.457. The fourth-order valence-electron chi connectivity index (χ4n) is 2.39. The van der Waals surface area contributed by atoms with Crippen LogP contribution in [0.3, 0.4) is 0 Å². The Labute approximate surface area is 94.7 Å². The maximum absolute atomic E-state index is 11.9. The topological polar surface area (TPSA) is 81.4 Å². The van der Waals surface area contributed by atoms with Crippen LogP contribution in [-0.4, -0.2) is 30.6 Å². The molecule has 3 atom stereocenters. The van der Waals surface area contributed by atoms with Gasteiger partial charge in [-0.2, -0.15) is 0 Å². The van der Waals surface area contributed by atoms with Crippen molar-refractivity contribution in [1.82, 2.24) is 5.32 Å². The predicted molar refractivity (Wildman–Crippen MR) is 57.4 cm³/mol. The number of hydrogen-bond donors (Lipinski definition) is 2. The van der Waals surface area contributed by atoms with Crippen LogP contribution in [0, 0.1) is 5.92 Å². The quantitative estimate of drug-likeness (QED) is 0.646. The van der Waals surface area contributed by atoms with E-state index in [4.69, 9.17) is 10.5 Å². The minimum absolute atomic E-state index is 0.0637. The average Bonchev–Trinajstić information content (AvgIpc) is 2.65. The molecule has 1 amide bonds. The Hall–Kier alpha value is -1.10. The normalized spacial score (nSPS) is 34.6. The molecular weight excluding hydrogens is 208 g/mol. The van der Waals surface area contributed by atoms with Crippen LogP contribution in [0.1, 0.15) is 32.1 Å². The first-order valence-electron chi connectivity index (χ1n) is 5.91. The Kier molecular flexibility index (Phi) is 3.43. The highest BCUT2D eigenvalue weighted by molar-refractivity contribution is 5.86. The number of nitrogens with one attached hydrogen (secondary N) is 1. The number of esters is 1. The average molecular weight is 226 g/mol. The van der Waals surface area contributed by atoms with Gasteiger partial charge in [0.05, 0.1) is 12.5 Å². The van der Waals surface area contributed by atoms with E-state index in [1.165, 1.54) is 0 Å². The Morgan fingerprint density at radius 1 is 1.31 bits per heavy atom. The molecule has 2 aliphatic rings. The van der Waals surface area contributed by atoms with Crippen LogP contribution < -0.4 is 11.1 Å². The Morgan fingerprint density at radius 2 is 2.06 bits per heavy atom. The predicted octanol–water partition coefficient (Wildman–Crippen LogP) is -0.0644. The highest BCUT2D eigenvalue weighted by Gasteiger charge is 2.33. The summed E-state index contributed by atoms with van der Waals surface area (Å²) in [6.45, 7) is 0.403. The molecule has 5 nitrogen and oxygen atoms in total. The van der Waals surface area contributed by atoms with E-state index in [2.05, 4.69) is 5.32 Å².